The second kappa shape index (κ2) is 10.1. The number of nitrogens with one attached hydrogen (secondary N) is 2. The fourth-order valence-corrected chi connectivity index (χ4v) is 4.08. The van der Waals surface area contributed by atoms with Gasteiger partial charge in [0.05, 0.1) is 15.6 Å². The first-order valence-corrected chi connectivity index (χ1v) is 11.1. The molecule has 178 valence electrons. The normalized spacial score (nSPS) is 14.2. The standard InChI is InChI=1S/C22H19Cl2F3N6O/c23-14-2-1-3-15(24)20(14)16(34)10-13-4-5-29-18(11-13)31-19-12-17(22(25,26)27)30-21(32-19)33-8-6-28-7-9-33/h1-5,11-12,28H,6-10H2,(H,29,30,31,32). The number of hydrogen-bond donors (Lipinski definition) is 2. The highest BCUT2D eigenvalue weighted by atomic mass is 35.5. The van der Waals surface area contributed by atoms with Crippen molar-refractivity contribution < 1.29 is 18.0 Å². The first kappa shape index (κ1) is 24.2. The average molecular weight is 511 g/mol. The third-order valence-corrected chi connectivity index (χ3v) is 5.72. The summed E-state index contributed by atoms with van der Waals surface area (Å²) in [5, 5.41) is 6.42. The molecule has 0 spiro atoms. The molecule has 3 aromatic rings. The smallest absolute Gasteiger partial charge is 0.338 e. The summed E-state index contributed by atoms with van der Waals surface area (Å²) in [7, 11) is 0. The van der Waals surface area contributed by atoms with Gasteiger partial charge in [-0.1, -0.05) is 29.3 Å². The predicted octanol–water partition coefficient (Wildman–Crippen LogP) is 4.78. The van der Waals surface area contributed by atoms with Crippen LogP contribution in [0.4, 0.5) is 30.8 Å². The molecule has 4 rings (SSSR count). The molecule has 0 aliphatic carbocycles. The molecule has 1 aromatic carbocycles. The molecule has 1 aliphatic rings. The number of Topliss-reactive ketones (excluding diaryl/α,β-unsaturated/α-hetero) is 1. The summed E-state index contributed by atoms with van der Waals surface area (Å²) in [5.74, 6) is -0.136. The molecule has 0 radical (unpaired) electrons. The average Bonchev–Trinajstić information content (AvgIpc) is 2.79. The number of anilines is 3. The molecule has 0 bridgehead atoms. The number of carbonyl (C=O) groups excluding carboxylic acids is 1. The van der Waals surface area contributed by atoms with E-state index in [2.05, 4.69) is 25.6 Å². The SMILES string of the molecule is O=C(Cc1ccnc(Nc2cc(C(F)(F)F)nc(N3CCNCC3)n2)c1)c1c(Cl)cccc1Cl. The molecule has 2 N–H and O–H groups in total. The molecule has 0 unspecified atom stereocenters. The molecule has 1 saturated heterocycles. The minimum atomic E-state index is -4.64. The number of piperazine rings is 1. The second-order valence-electron chi connectivity index (χ2n) is 7.54. The summed E-state index contributed by atoms with van der Waals surface area (Å²) in [6, 6.07) is 8.80. The lowest BCUT2D eigenvalue weighted by Crippen LogP contribution is -2.44. The molecular weight excluding hydrogens is 492 g/mol. The third kappa shape index (κ3) is 5.75. The van der Waals surface area contributed by atoms with Crippen molar-refractivity contribution in [1.82, 2.24) is 20.3 Å². The van der Waals surface area contributed by atoms with E-state index in [0.29, 0.717) is 31.7 Å². The summed E-state index contributed by atoms with van der Waals surface area (Å²) < 4.78 is 40.4. The zero-order chi connectivity index (χ0) is 24.3. The number of aromatic nitrogens is 3. The molecule has 1 fully saturated rings. The van der Waals surface area contributed by atoms with Crippen LogP contribution in [-0.2, 0) is 12.6 Å². The molecule has 0 saturated carbocycles. The number of hydrogen-bond acceptors (Lipinski definition) is 7. The molecule has 7 nitrogen and oxygen atoms in total. The summed E-state index contributed by atoms with van der Waals surface area (Å²) in [5.41, 5.74) is -0.271. The van der Waals surface area contributed by atoms with Crippen molar-refractivity contribution in [2.45, 2.75) is 12.6 Å². The Balaban J connectivity index is 1.58. The van der Waals surface area contributed by atoms with Gasteiger partial charge in [0.25, 0.3) is 0 Å². The van der Waals surface area contributed by atoms with Gasteiger partial charge in [0, 0.05) is 44.9 Å². The van der Waals surface area contributed by atoms with Gasteiger partial charge in [-0.2, -0.15) is 18.2 Å². The van der Waals surface area contributed by atoms with Crippen LogP contribution in [0.1, 0.15) is 21.6 Å². The number of carbonyl (C=O) groups is 1. The molecule has 12 heteroatoms. The van der Waals surface area contributed by atoms with Gasteiger partial charge >= 0.3 is 6.18 Å². The number of alkyl halides is 3. The van der Waals surface area contributed by atoms with Crippen molar-refractivity contribution in [2.75, 3.05) is 36.4 Å². The van der Waals surface area contributed by atoms with Crippen LogP contribution in [0.25, 0.3) is 0 Å². The molecule has 34 heavy (non-hydrogen) atoms. The van der Waals surface area contributed by atoms with E-state index in [9.17, 15) is 18.0 Å². The van der Waals surface area contributed by atoms with Crippen LogP contribution in [0.15, 0.2) is 42.6 Å². The Morgan fingerprint density at radius 3 is 2.44 bits per heavy atom. The van der Waals surface area contributed by atoms with Crippen LogP contribution in [0.3, 0.4) is 0 Å². The Morgan fingerprint density at radius 2 is 1.76 bits per heavy atom. The minimum absolute atomic E-state index is 0.0153. The topological polar surface area (TPSA) is 83.0 Å². The van der Waals surface area contributed by atoms with E-state index in [1.807, 2.05) is 0 Å². The maximum atomic E-state index is 13.5. The summed E-state index contributed by atoms with van der Waals surface area (Å²) >= 11 is 12.2. The predicted molar refractivity (Wildman–Crippen MR) is 124 cm³/mol. The van der Waals surface area contributed by atoms with E-state index in [-0.39, 0.29) is 45.4 Å². The van der Waals surface area contributed by atoms with Gasteiger partial charge in [-0.05, 0) is 29.8 Å². The highest BCUT2D eigenvalue weighted by molar-refractivity contribution is 6.39. The van der Waals surface area contributed by atoms with Crippen molar-refractivity contribution in [3.05, 3.63) is 69.5 Å². The first-order chi connectivity index (χ1) is 16.2. The fraction of sp³-hybridized carbons (Fsp3) is 0.273. The van der Waals surface area contributed by atoms with E-state index >= 15 is 0 Å². The second-order valence-corrected chi connectivity index (χ2v) is 8.36. The summed E-state index contributed by atoms with van der Waals surface area (Å²) in [4.78, 5) is 26.5. The van der Waals surface area contributed by atoms with Crippen molar-refractivity contribution in [3.63, 3.8) is 0 Å². The lowest BCUT2D eigenvalue weighted by Gasteiger charge is -2.28. The number of halogens is 5. The van der Waals surface area contributed by atoms with Crippen LogP contribution in [-0.4, -0.2) is 46.9 Å². The summed E-state index contributed by atoms with van der Waals surface area (Å²) in [6.07, 6.45) is -3.22. The van der Waals surface area contributed by atoms with Gasteiger partial charge in [-0.3, -0.25) is 4.79 Å². The summed E-state index contributed by atoms with van der Waals surface area (Å²) in [6.45, 7) is 2.22. The molecular formula is C22H19Cl2F3N6O. The largest absolute Gasteiger partial charge is 0.433 e. The molecule has 3 heterocycles. The van der Waals surface area contributed by atoms with Gasteiger partial charge in [0.15, 0.2) is 11.5 Å². The Kier molecular flexibility index (Phi) is 7.20. The Labute approximate surface area is 203 Å². The molecule has 0 atom stereocenters. The maximum absolute atomic E-state index is 13.5. The van der Waals surface area contributed by atoms with E-state index in [1.54, 1.807) is 35.2 Å². The van der Waals surface area contributed by atoms with Crippen LogP contribution in [0.2, 0.25) is 10.0 Å². The van der Waals surface area contributed by atoms with E-state index < -0.39 is 11.9 Å². The lowest BCUT2D eigenvalue weighted by molar-refractivity contribution is -0.141. The zero-order valence-corrected chi connectivity index (χ0v) is 19.2. The Hall–Kier alpha value is -2.95. The van der Waals surface area contributed by atoms with Crippen LogP contribution in [0, 0.1) is 0 Å². The molecule has 2 aromatic heterocycles. The fourth-order valence-electron chi connectivity index (χ4n) is 3.47. The first-order valence-electron chi connectivity index (χ1n) is 10.3. The van der Waals surface area contributed by atoms with Crippen molar-refractivity contribution in [2.24, 2.45) is 0 Å². The van der Waals surface area contributed by atoms with Crippen molar-refractivity contribution in [1.29, 1.82) is 0 Å². The highest BCUT2D eigenvalue weighted by Gasteiger charge is 2.34. The minimum Gasteiger partial charge on any atom is -0.338 e. The van der Waals surface area contributed by atoms with Crippen LogP contribution < -0.4 is 15.5 Å². The van der Waals surface area contributed by atoms with Gasteiger partial charge < -0.3 is 15.5 Å². The van der Waals surface area contributed by atoms with Gasteiger partial charge in [0.1, 0.15) is 11.6 Å². The number of nitrogens with zero attached hydrogens (tertiary/aromatic N) is 4. The van der Waals surface area contributed by atoms with Gasteiger partial charge in [-0.25, -0.2) is 9.97 Å². The molecule has 1 aliphatic heterocycles. The third-order valence-electron chi connectivity index (χ3n) is 5.09. The van der Waals surface area contributed by atoms with Gasteiger partial charge in [0.2, 0.25) is 5.95 Å². The van der Waals surface area contributed by atoms with E-state index in [0.717, 1.165) is 6.07 Å². The van der Waals surface area contributed by atoms with Crippen molar-refractivity contribution >= 4 is 46.6 Å². The number of benzene rings is 1. The quantitative estimate of drug-likeness (QED) is 0.462. The highest BCUT2D eigenvalue weighted by Crippen LogP contribution is 2.31. The number of pyridine rings is 1. The van der Waals surface area contributed by atoms with Crippen molar-refractivity contribution in [3.8, 4) is 0 Å². The zero-order valence-electron chi connectivity index (χ0n) is 17.7. The Morgan fingerprint density at radius 1 is 1.06 bits per heavy atom. The van der Waals surface area contributed by atoms with E-state index in [4.69, 9.17) is 23.2 Å². The van der Waals surface area contributed by atoms with Gasteiger partial charge in [-0.15, -0.1) is 0 Å². The van der Waals surface area contributed by atoms with Crippen LogP contribution in [0.5, 0.6) is 0 Å². The van der Waals surface area contributed by atoms with Crippen LogP contribution >= 0.6 is 23.2 Å². The monoisotopic (exact) mass is 510 g/mol. The molecule has 0 amide bonds. The lowest BCUT2D eigenvalue weighted by atomic mass is 10.0. The maximum Gasteiger partial charge on any atom is 0.433 e. The van der Waals surface area contributed by atoms with E-state index in [1.165, 1.54) is 6.20 Å². The number of rotatable bonds is 6. The number of ketones is 1. The Bertz CT molecular complexity index is 1180.